The van der Waals surface area contributed by atoms with Crippen LogP contribution in [0.1, 0.15) is 27.4 Å². The van der Waals surface area contributed by atoms with Crippen molar-refractivity contribution in [2.75, 3.05) is 6.54 Å². The second-order valence-corrected chi connectivity index (χ2v) is 8.88. The summed E-state index contributed by atoms with van der Waals surface area (Å²) in [7, 11) is 0. The van der Waals surface area contributed by atoms with E-state index in [0.717, 1.165) is 23.1 Å². The van der Waals surface area contributed by atoms with Gasteiger partial charge in [-0.25, -0.2) is 4.98 Å². The van der Waals surface area contributed by atoms with Crippen LogP contribution in [0.5, 0.6) is 0 Å². The monoisotopic (exact) mass is 468 g/mol. The molecular formula is C28H24N2O3S. The van der Waals surface area contributed by atoms with E-state index in [-0.39, 0.29) is 5.91 Å². The number of aromatic nitrogens is 1. The van der Waals surface area contributed by atoms with Crippen LogP contribution in [0.4, 0.5) is 0 Å². The second kappa shape index (κ2) is 10.4. The van der Waals surface area contributed by atoms with E-state index >= 15 is 0 Å². The van der Waals surface area contributed by atoms with Gasteiger partial charge in [0.1, 0.15) is 11.3 Å². The zero-order valence-corrected chi connectivity index (χ0v) is 19.4. The number of para-hydroxylation sites is 2. The molecule has 5 aromatic rings. The molecule has 0 saturated heterocycles. The van der Waals surface area contributed by atoms with Crippen LogP contribution in [0.15, 0.2) is 111 Å². The molecule has 0 spiro atoms. The average molecular weight is 469 g/mol. The number of hydrogen-bond donors (Lipinski definition) is 0. The van der Waals surface area contributed by atoms with Gasteiger partial charge in [0, 0.05) is 13.1 Å². The van der Waals surface area contributed by atoms with Crippen LogP contribution in [0.3, 0.4) is 0 Å². The smallest absolute Gasteiger partial charge is 0.289 e. The largest absolute Gasteiger partial charge is 0.455 e. The van der Waals surface area contributed by atoms with Gasteiger partial charge in [0.25, 0.3) is 11.1 Å². The molecule has 0 bridgehead atoms. The number of thioether (sulfide) groups is 1. The first-order valence-corrected chi connectivity index (χ1v) is 12.2. The Morgan fingerprint density at radius 2 is 1.50 bits per heavy atom. The molecule has 0 aliphatic heterocycles. The summed E-state index contributed by atoms with van der Waals surface area (Å²) in [6, 6.07) is 31.5. The maximum Gasteiger partial charge on any atom is 0.289 e. The first-order valence-electron chi connectivity index (χ1n) is 11.2. The molecule has 0 fully saturated rings. The molecule has 1 amide bonds. The highest BCUT2D eigenvalue weighted by Crippen LogP contribution is 2.27. The maximum absolute atomic E-state index is 13.4. The van der Waals surface area contributed by atoms with Gasteiger partial charge >= 0.3 is 0 Å². The molecule has 6 heteroatoms. The van der Waals surface area contributed by atoms with Gasteiger partial charge in [0.05, 0.1) is 5.75 Å². The fourth-order valence-corrected chi connectivity index (χ4v) is 4.47. The van der Waals surface area contributed by atoms with E-state index in [9.17, 15) is 4.79 Å². The molecule has 0 aliphatic rings. The second-order valence-electron chi connectivity index (χ2n) is 7.95. The van der Waals surface area contributed by atoms with Crippen LogP contribution in [0.25, 0.3) is 11.1 Å². The Labute approximate surface area is 202 Å². The number of carbonyl (C=O) groups excluding carboxylic acids is 1. The molecule has 0 aliphatic carbocycles. The van der Waals surface area contributed by atoms with Gasteiger partial charge in [-0.2, -0.15) is 0 Å². The third-order valence-electron chi connectivity index (χ3n) is 5.50. The van der Waals surface area contributed by atoms with E-state index in [1.807, 2.05) is 83.8 Å². The van der Waals surface area contributed by atoms with E-state index in [0.29, 0.717) is 35.6 Å². The zero-order valence-electron chi connectivity index (χ0n) is 18.6. The number of carbonyl (C=O) groups is 1. The summed E-state index contributed by atoms with van der Waals surface area (Å²) < 4.78 is 11.7. The SMILES string of the molecule is O=C(c1ccc(CSc2nc3ccccc3o2)o1)N(CCc1ccccc1)Cc1ccccc1. The summed E-state index contributed by atoms with van der Waals surface area (Å²) in [5, 5.41) is 0.582. The molecule has 5 rings (SSSR count). The summed E-state index contributed by atoms with van der Waals surface area (Å²) in [6.07, 6.45) is 0.778. The lowest BCUT2D eigenvalue weighted by atomic mass is 10.1. The van der Waals surface area contributed by atoms with Crippen LogP contribution >= 0.6 is 11.8 Å². The fourth-order valence-electron chi connectivity index (χ4n) is 3.74. The van der Waals surface area contributed by atoms with Crippen LogP contribution < -0.4 is 0 Å². The highest BCUT2D eigenvalue weighted by molar-refractivity contribution is 7.98. The van der Waals surface area contributed by atoms with E-state index in [2.05, 4.69) is 17.1 Å². The molecule has 0 saturated carbocycles. The fraction of sp³-hybridized carbons (Fsp3) is 0.143. The maximum atomic E-state index is 13.4. The highest BCUT2D eigenvalue weighted by atomic mass is 32.2. The predicted octanol–water partition coefficient (Wildman–Crippen LogP) is 6.60. The van der Waals surface area contributed by atoms with Crippen molar-refractivity contribution in [3.63, 3.8) is 0 Å². The van der Waals surface area contributed by atoms with E-state index < -0.39 is 0 Å². The molecular weight excluding hydrogens is 444 g/mol. The van der Waals surface area contributed by atoms with Gasteiger partial charge in [-0.15, -0.1) is 0 Å². The molecule has 2 aromatic heterocycles. The van der Waals surface area contributed by atoms with Crippen molar-refractivity contribution in [2.24, 2.45) is 0 Å². The Kier molecular flexibility index (Phi) is 6.77. The quantitative estimate of drug-likeness (QED) is 0.228. The van der Waals surface area contributed by atoms with E-state index in [4.69, 9.17) is 8.83 Å². The molecule has 34 heavy (non-hydrogen) atoms. The minimum absolute atomic E-state index is 0.113. The van der Waals surface area contributed by atoms with Crippen molar-refractivity contribution in [1.82, 2.24) is 9.88 Å². The van der Waals surface area contributed by atoms with Crippen LogP contribution in [-0.4, -0.2) is 22.3 Å². The minimum Gasteiger partial charge on any atom is -0.455 e. The zero-order chi connectivity index (χ0) is 23.2. The van der Waals surface area contributed by atoms with Crippen LogP contribution in [0, 0.1) is 0 Å². The molecule has 5 nitrogen and oxygen atoms in total. The van der Waals surface area contributed by atoms with Crippen molar-refractivity contribution in [3.8, 4) is 0 Å². The molecule has 0 N–H and O–H groups in total. The third kappa shape index (κ3) is 5.41. The van der Waals surface area contributed by atoms with Gasteiger partial charge in [0.15, 0.2) is 11.3 Å². The molecule has 2 heterocycles. The van der Waals surface area contributed by atoms with E-state index in [1.54, 1.807) is 6.07 Å². The lowest BCUT2D eigenvalue weighted by molar-refractivity contribution is 0.0711. The number of nitrogens with zero attached hydrogens (tertiary/aromatic N) is 2. The normalized spacial score (nSPS) is 11.1. The van der Waals surface area contributed by atoms with Gasteiger partial charge in [-0.3, -0.25) is 4.79 Å². The minimum atomic E-state index is -0.113. The standard InChI is InChI=1S/C28H24N2O3S/c31-27(30(19-22-11-5-2-6-12-22)18-17-21-9-3-1-4-10-21)26-16-15-23(32-26)20-34-28-29-24-13-7-8-14-25(24)33-28/h1-16H,17-20H2. The Morgan fingerprint density at radius 3 is 2.26 bits per heavy atom. The van der Waals surface area contributed by atoms with Crippen molar-refractivity contribution < 1.29 is 13.6 Å². The predicted molar refractivity (Wildman–Crippen MR) is 134 cm³/mol. The number of oxazole rings is 1. The molecule has 0 radical (unpaired) electrons. The number of benzene rings is 3. The van der Waals surface area contributed by atoms with Crippen molar-refractivity contribution in [2.45, 2.75) is 23.9 Å². The van der Waals surface area contributed by atoms with Gasteiger partial charge in [0.2, 0.25) is 0 Å². The summed E-state index contributed by atoms with van der Waals surface area (Å²) in [5.74, 6) is 1.47. The number of furan rings is 1. The van der Waals surface area contributed by atoms with Crippen molar-refractivity contribution in [3.05, 3.63) is 120 Å². The lowest BCUT2D eigenvalue weighted by Gasteiger charge is -2.22. The molecule has 0 atom stereocenters. The summed E-state index contributed by atoms with van der Waals surface area (Å²) in [4.78, 5) is 19.7. The molecule has 0 unspecified atom stereocenters. The van der Waals surface area contributed by atoms with Crippen molar-refractivity contribution in [1.29, 1.82) is 0 Å². The average Bonchev–Trinajstić information content (AvgIpc) is 3.53. The summed E-state index contributed by atoms with van der Waals surface area (Å²) in [6.45, 7) is 1.13. The van der Waals surface area contributed by atoms with Crippen molar-refractivity contribution >= 4 is 28.8 Å². The van der Waals surface area contributed by atoms with Gasteiger partial charge in [-0.05, 0) is 41.8 Å². The number of amides is 1. The highest BCUT2D eigenvalue weighted by Gasteiger charge is 2.20. The first kappa shape index (κ1) is 22.0. The summed E-state index contributed by atoms with van der Waals surface area (Å²) >= 11 is 1.45. The molecule has 3 aromatic carbocycles. The summed E-state index contributed by atoms with van der Waals surface area (Å²) in [5.41, 5.74) is 3.87. The first-order chi connectivity index (χ1) is 16.7. The number of rotatable bonds is 9. The Balaban J connectivity index is 1.27. The van der Waals surface area contributed by atoms with Gasteiger partial charge in [-0.1, -0.05) is 84.6 Å². The number of hydrogen-bond acceptors (Lipinski definition) is 5. The number of fused-ring (bicyclic) bond motifs is 1. The Hall–Kier alpha value is -3.77. The van der Waals surface area contributed by atoms with Gasteiger partial charge < -0.3 is 13.7 Å². The lowest BCUT2D eigenvalue weighted by Crippen LogP contribution is -2.32. The van der Waals surface area contributed by atoms with Crippen LogP contribution in [-0.2, 0) is 18.7 Å². The Bertz CT molecular complexity index is 1330. The molecule has 170 valence electrons. The topological polar surface area (TPSA) is 59.5 Å². The van der Waals surface area contributed by atoms with E-state index in [1.165, 1.54) is 17.3 Å². The Morgan fingerprint density at radius 1 is 0.794 bits per heavy atom. The van der Waals surface area contributed by atoms with Crippen LogP contribution in [0.2, 0.25) is 0 Å². The third-order valence-corrected chi connectivity index (χ3v) is 6.35.